The van der Waals surface area contributed by atoms with Crippen molar-refractivity contribution in [1.82, 2.24) is 14.8 Å². The van der Waals surface area contributed by atoms with Crippen LogP contribution >= 0.6 is 12.4 Å². The minimum atomic E-state index is -0.604. The number of nitrogens with zero attached hydrogens (tertiary/aromatic N) is 2. The molecule has 6 nitrogen and oxygen atoms in total. The molecule has 0 aliphatic heterocycles. The Balaban J connectivity index is 0.00000280. The molecule has 2 aromatic carbocycles. The van der Waals surface area contributed by atoms with Crippen LogP contribution in [-0.2, 0) is 0 Å². The van der Waals surface area contributed by atoms with Crippen LogP contribution in [0.15, 0.2) is 54.6 Å². The van der Waals surface area contributed by atoms with Gasteiger partial charge in [0, 0.05) is 24.0 Å². The van der Waals surface area contributed by atoms with Gasteiger partial charge >= 0.3 is 0 Å². The second-order valence-electron chi connectivity index (χ2n) is 6.56. The van der Waals surface area contributed by atoms with Crippen molar-refractivity contribution in [2.75, 3.05) is 27.7 Å². The smallest absolute Gasteiger partial charge is 0.272 e. The average Bonchev–Trinajstić information content (AvgIpc) is 3.02. The molecule has 0 spiro atoms. The lowest BCUT2D eigenvalue weighted by Crippen LogP contribution is -2.34. The molecule has 0 radical (unpaired) electrons. The molecule has 7 heteroatoms. The standard InChI is InChI=1S/C21H25N3O3.ClH/c1-23(2)18(25)13-14-22-21(26)19-20(27-3)16-11-7-8-12-17(16)24(19)15-9-5-4-6-10-15;/h4-12,18,25H,13-14H2,1-3H3,(H,22,26);1H. The molecule has 0 aliphatic carbocycles. The van der Waals surface area contributed by atoms with E-state index in [1.165, 1.54) is 0 Å². The molecule has 2 N–H and O–H groups in total. The third kappa shape index (κ3) is 4.30. The monoisotopic (exact) mass is 403 g/mol. The summed E-state index contributed by atoms with van der Waals surface area (Å²) < 4.78 is 7.52. The van der Waals surface area contributed by atoms with Crippen molar-refractivity contribution in [3.63, 3.8) is 0 Å². The highest BCUT2D eigenvalue weighted by Gasteiger charge is 2.24. The number of aliphatic hydroxyl groups excluding tert-OH is 1. The maximum absolute atomic E-state index is 13.0. The van der Waals surface area contributed by atoms with Gasteiger partial charge in [-0.3, -0.25) is 9.69 Å². The Morgan fingerprint density at radius 1 is 1.14 bits per heavy atom. The van der Waals surface area contributed by atoms with Gasteiger partial charge in [0.1, 0.15) is 6.23 Å². The molecule has 1 heterocycles. The van der Waals surface area contributed by atoms with Gasteiger partial charge in [-0.05, 0) is 38.4 Å². The van der Waals surface area contributed by atoms with Crippen molar-refractivity contribution in [2.24, 2.45) is 0 Å². The number of hydrogen-bond acceptors (Lipinski definition) is 4. The fourth-order valence-electron chi connectivity index (χ4n) is 3.12. The Morgan fingerprint density at radius 2 is 1.79 bits per heavy atom. The van der Waals surface area contributed by atoms with Crippen LogP contribution in [0.5, 0.6) is 5.75 Å². The summed E-state index contributed by atoms with van der Waals surface area (Å²) in [5, 5.41) is 13.7. The molecule has 3 aromatic rings. The van der Waals surface area contributed by atoms with Gasteiger partial charge in [0.05, 0.1) is 12.6 Å². The quantitative estimate of drug-likeness (QED) is 0.595. The Morgan fingerprint density at radius 3 is 2.43 bits per heavy atom. The molecule has 1 unspecified atom stereocenters. The summed E-state index contributed by atoms with van der Waals surface area (Å²) in [4.78, 5) is 14.7. The third-order valence-electron chi connectivity index (χ3n) is 4.55. The molecule has 3 rings (SSSR count). The van der Waals surface area contributed by atoms with Gasteiger partial charge < -0.3 is 19.7 Å². The Hall–Kier alpha value is -2.54. The van der Waals surface area contributed by atoms with Crippen molar-refractivity contribution in [3.8, 4) is 11.4 Å². The molecule has 1 atom stereocenters. The molecule has 150 valence electrons. The molecule has 0 saturated heterocycles. The first-order valence-electron chi connectivity index (χ1n) is 8.90. The van der Waals surface area contributed by atoms with E-state index in [9.17, 15) is 9.90 Å². The number of carbonyl (C=O) groups excluding carboxylic acids is 1. The highest BCUT2D eigenvalue weighted by atomic mass is 35.5. The number of aromatic nitrogens is 1. The van der Waals surface area contributed by atoms with Crippen LogP contribution < -0.4 is 10.1 Å². The maximum Gasteiger partial charge on any atom is 0.272 e. The minimum Gasteiger partial charge on any atom is -0.494 e. The Kier molecular flexibility index (Phi) is 7.45. The molecule has 1 aromatic heterocycles. The lowest BCUT2D eigenvalue weighted by molar-refractivity contribution is 0.0336. The second kappa shape index (κ2) is 9.59. The van der Waals surface area contributed by atoms with E-state index in [1.807, 2.05) is 59.2 Å². The predicted molar refractivity (Wildman–Crippen MR) is 114 cm³/mol. The van der Waals surface area contributed by atoms with Crippen molar-refractivity contribution in [3.05, 3.63) is 60.3 Å². The van der Waals surface area contributed by atoms with Gasteiger partial charge in [-0.2, -0.15) is 0 Å². The van der Waals surface area contributed by atoms with Crippen LogP contribution in [0.1, 0.15) is 16.9 Å². The summed E-state index contributed by atoms with van der Waals surface area (Å²) in [6.07, 6.45) is -0.167. The normalized spacial score (nSPS) is 11.9. The zero-order valence-corrected chi connectivity index (χ0v) is 17.1. The largest absolute Gasteiger partial charge is 0.494 e. The summed E-state index contributed by atoms with van der Waals surface area (Å²) in [7, 11) is 5.16. The summed E-state index contributed by atoms with van der Waals surface area (Å²) in [5.74, 6) is 0.304. The molecule has 28 heavy (non-hydrogen) atoms. The zero-order valence-electron chi connectivity index (χ0n) is 16.3. The van der Waals surface area contributed by atoms with Gasteiger partial charge in [-0.15, -0.1) is 12.4 Å². The van der Waals surface area contributed by atoms with E-state index in [-0.39, 0.29) is 18.3 Å². The number of carbonyl (C=O) groups is 1. The highest BCUT2D eigenvalue weighted by Crippen LogP contribution is 2.35. The number of nitrogens with one attached hydrogen (secondary N) is 1. The van der Waals surface area contributed by atoms with Crippen molar-refractivity contribution < 1.29 is 14.6 Å². The van der Waals surface area contributed by atoms with E-state index in [2.05, 4.69) is 5.32 Å². The van der Waals surface area contributed by atoms with Crippen LogP contribution in [-0.4, -0.2) is 54.5 Å². The second-order valence-corrected chi connectivity index (χ2v) is 6.56. The Labute approximate surface area is 171 Å². The van der Waals surface area contributed by atoms with E-state index >= 15 is 0 Å². The van der Waals surface area contributed by atoms with Crippen LogP contribution in [0.2, 0.25) is 0 Å². The number of hydrogen-bond donors (Lipinski definition) is 2. The number of methoxy groups -OCH3 is 1. The average molecular weight is 404 g/mol. The molecule has 0 aliphatic rings. The predicted octanol–water partition coefficient (Wildman–Crippen LogP) is 3.06. The first-order chi connectivity index (χ1) is 13.0. The number of fused-ring (bicyclic) bond motifs is 1. The van der Waals surface area contributed by atoms with Crippen LogP contribution in [0.3, 0.4) is 0 Å². The first-order valence-corrected chi connectivity index (χ1v) is 8.90. The van der Waals surface area contributed by atoms with Crippen molar-refractivity contribution >= 4 is 29.2 Å². The molecular weight excluding hydrogens is 378 g/mol. The van der Waals surface area contributed by atoms with E-state index < -0.39 is 6.23 Å². The number of rotatable bonds is 7. The zero-order chi connectivity index (χ0) is 19.4. The van der Waals surface area contributed by atoms with Crippen molar-refractivity contribution in [2.45, 2.75) is 12.6 Å². The number of para-hydroxylation sites is 2. The third-order valence-corrected chi connectivity index (χ3v) is 4.55. The molecule has 1 amide bonds. The lowest BCUT2D eigenvalue weighted by Gasteiger charge is -2.18. The maximum atomic E-state index is 13.0. The van der Waals surface area contributed by atoms with E-state index in [4.69, 9.17) is 4.74 Å². The number of ether oxygens (including phenoxy) is 1. The van der Waals surface area contributed by atoms with Crippen molar-refractivity contribution in [1.29, 1.82) is 0 Å². The Bertz CT molecular complexity index is 925. The van der Waals surface area contributed by atoms with E-state index in [0.29, 0.717) is 24.4 Å². The van der Waals surface area contributed by atoms with Gasteiger partial charge in [-0.1, -0.05) is 30.3 Å². The topological polar surface area (TPSA) is 66.7 Å². The number of aliphatic hydroxyl groups is 1. The van der Waals surface area contributed by atoms with Gasteiger partial charge in [0.25, 0.3) is 5.91 Å². The summed E-state index contributed by atoms with van der Waals surface area (Å²) >= 11 is 0. The number of benzene rings is 2. The highest BCUT2D eigenvalue weighted by molar-refractivity contribution is 6.05. The molecule has 0 saturated carbocycles. The van der Waals surface area contributed by atoms with Crippen LogP contribution in [0, 0.1) is 0 Å². The summed E-state index contributed by atoms with van der Waals surface area (Å²) in [6, 6.07) is 17.5. The number of amides is 1. The van der Waals surface area contributed by atoms with Gasteiger partial charge in [0.15, 0.2) is 11.4 Å². The van der Waals surface area contributed by atoms with Crippen LogP contribution in [0.25, 0.3) is 16.6 Å². The van der Waals surface area contributed by atoms with E-state index in [0.717, 1.165) is 16.6 Å². The first kappa shape index (κ1) is 21.8. The molecular formula is C21H26ClN3O3. The molecule has 0 fully saturated rings. The van der Waals surface area contributed by atoms with Gasteiger partial charge in [0.2, 0.25) is 0 Å². The number of halogens is 1. The fraction of sp³-hybridized carbons (Fsp3) is 0.286. The lowest BCUT2D eigenvalue weighted by atomic mass is 10.2. The fourth-order valence-corrected chi connectivity index (χ4v) is 3.12. The summed E-state index contributed by atoms with van der Waals surface area (Å²) in [6.45, 7) is 0.359. The van der Waals surface area contributed by atoms with Gasteiger partial charge in [-0.25, -0.2) is 0 Å². The minimum absolute atomic E-state index is 0. The summed E-state index contributed by atoms with van der Waals surface area (Å²) in [5.41, 5.74) is 2.23. The van der Waals surface area contributed by atoms with E-state index in [1.54, 1.807) is 26.1 Å². The van der Waals surface area contributed by atoms with Crippen LogP contribution in [0.4, 0.5) is 0 Å². The molecule has 0 bridgehead atoms. The SMILES string of the molecule is COc1c(C(=O)NCCC(O)N(C)C)n(-c2ccccc2)c2ccccc12.Cl.